The largest absolute Gasteiger partial charge is 0.393 e. The SMILES string of the molecule is OC1CCCCCCC(C2=NOCC(CS)N2)C1. The number of thiol groups is 1. The third-order valence-electron chi connectivity index (χ3n) is 3.79. The predicted octanol–water partition coefficient (Wildman–Crippen LogP) is 1.94. The molecule has 0 aromatic heterocycles. The maximum atomic E-state index is 10.0. The van der Waals surface area contributed by atoms with Gasteiger partial charge in [0.25, 0.3) is 0 Å². The number of nitrogens with one attached hydrogen (secondary N) is 1. The number of rotatable bonds is 2. The highest BCUT2D eigenvalue weighted by molar-refractivity contribution is 7.80. The van der Waals surface area contributed by atoms with Gasteiger partial charge in [-0.1, -0.05) is 30.8 Å². The van der Waals surface area contributed by atoms with E-state index >= 15 is 0 Å². The van der Waals surface area contributed by atoms with Crippen LogP contribution < -0.4 is 5.32 Å². The number of amidine groups is 1. The lowest BCUT2D eigenvalue weighted by molar-refractivity contribution is 0.105. The van der Waals surface area contributed by atoms with Gasteiger partial charge in [0.15, 0.2) is 0 Å². The third kappa shape index (κ3) is 4.05. The Morgan fingerprint density at radius 3 is 2.83 bits per heavy atom. The predicted molar refractivity (Wildman–Crippen MR) is 76.0 cm³/mol. The highest BCUT2D eigenvalue weighted by Crippen LogP contribution is 2.24. The van der Waals surface area contributed by atoms with E-state index in [1.54, 1.807) is 0 Å². The molecule has 0 radical (unpaired) electrons. The fourth-order valence-corrected chi connectivity index (χ4v) is 2.90. The van der Waals surface area contributed by atoms with Gasteiger partial charge < -0.3 is 15.3 Å². The highest BCUT2D eigenvalue weighted by atomic mass is 32.1. The van der Waals surface area contributed by atoms with E-state index in [9.17, 15) is 5.11 Å². The van der Waals surface area contributed by atoms with Crippen molar-refractivity contribution in [2.45, 2.75) is 57.1 Å². The quantitative estimate of drug-likeness (QED) is 0.673. The van der Waals surface area contributed by atoms with E-state index in [0.29, 0.717) is 12.5 Å². The molecule has 2 aliphatic rings. The van der Waals surface area contributed by atoms with Crippen molar-refractivity contribution in [3.8, 4) is 0 Å². The maximum absolute atomic E-state index is 10.0. The number of hydrogen-bond donors (Lipinski definition) is 3. The van der Waals surface area contributed by atoms with Crippen molar-refractivity contribution < 1.29 is 9.94 Å². The Hall–Kier alpha value is -0.420. The summed E-state index contributed by atoms with van der Waals surface area (Å²) in [6, 6.07) is 0.241. The van der Waals surface area contributed by atoms with Gasteiger partial charge in [0.05, 0.1) is 12.1 Å². The van der Waals surface area contributed by atoms with E-state index < -0.39 is 0 Å². The highest BCUT2D eigenvalue weighted by Gasteiger charge is 2.26. The Balaban J connectivity index is 1.97. The Bertz CT molecular complexity index is 286. The second kappa shape index (κ2) is 7.24. The van der Waals surface area contributed by atoms with Crippen molar-refractivity contribution in [1.82, 2.24) is 5.32 Å². The zero-order valence-corrected chi connectivity index (χ0v) is 11.7. The molecule has 0 aromatic rings. The first-order chi connectivity index (χ1) is 8.79. The topological polar surface area (TPSA) is 53.9 Å². The summed E-state index contributed by atoms with van der Waals surface area (Å²) < 4.78 is 0. The molecule has 0 saturated heterocycles. The van der Waals surface area contributed by atoms with Gasteiger partial charge in [-0.05, 0) is 19.3 Å². The minimum absolute atomic E-state index is 0.200. The van der Waals surface area contributed by atoms with E-state index in [2.05, 4.69) is 23.1 Å². The average Bonchev–Trinajstić information content (AvgIpc) is 2.51. The molecule has 2 rings (SSSR count). The summed E-state index contributed by atoms with van der Waals surface area (Å²) >= 11 is 4.29. The lowest BCUT2D eigenvalue weighted by atomic mass is 9.93. The van der Waals surface area contributed by atoms with Gasteiger partial charge in [-0.3, -0.25) is 0 Å². The van der Waals surface area contributed by atoms with Gasteiger partial charge in [0.2, 0.25) is 0 Å². The van der Waals surface area contributed by atoms with Crippen LogP contribution in [0.2, 0.25) is 0 Å². The molecular formula is C13H24N2O2S. The molecule has 0 bridgehead atoms. The van der Waals surface area contributed by atoms with Gasteiger partial charge in [0, 0.05) is 11.7 Å². The Labute approximate surface area is 115 Å². The van der Waals surface area contributed by atoms with E-state index in [4.69, 9.17) is 4.84 Å². The van der Waals surface area contributed by atoms with E-state index in [0.717, 1.165) is 37.3 Å². The van der Waals surface area contributed by atoms with Gasteiger partial charge in [-0.15, -0.1) is 0 Å². The van der Waals surface area contributed by atoms with Crippen LogP contribution in [0, 0.1) is 5.92 Å². The van der Waals surface area contributed by atoms with Crippen LogP contribution in [0.15, 0.2) is 5.16 Å². The van der Waals surface area contributed by atoms with Crippen LogP contribution in [0.3, 0.4) is 0 Å². The number of hydrogen-bond acceptors (Lipinski definition) is 5. The first-order valence-electron chi connectivity index (χ1n) is 7.05. The molecule has 104 valence electrons. The van der Waals surface area contributed by atoms with Gasteiger partial charge >= 0.3 is 0 Å². The summed E-state index contributed by atoms with van der Waals surface area (Å²) in [7, 11) is 0. The second-order valence-electron chi connectivity index (χ2n) is 5.37. The molecule has 18 heavy (non-hydrogen) atoms. The monoisotopic (exact) mass is 272 g/mol. The zero-order valence-electron chi connectivity index (χ0n) is 10.8. The maximum Gasteiger partial charge on any atom is 0.145 e. The first kappa shape index (κ1) is 14.0. The van der Waals surface area contributed by atoms with Gasteiger partial charge in [0.1, 0.15) is 12.4 Å². The minimum Gasteiger partial charge on any atom is -0.393 e. The average molecular weight is 272 g/mol. The Morgan fingerprint density at radius 1 is 1.28 bits per heavy atom. The van der Waals surface area contributed by atoms with E-state index in [1.807, 2.05) is 0 Å². The normalized spacial score (nSPS) is 34.3. The smallest absolute Gasteiger partial charge is 0.145 e. The van der Waals surface area contributed by atoms with Crippen LogP contribution in [-0.2, 0) is 4.84 Å². The van der Waals surface area contributed by atoms with Crippen LogP contribution in [0.25, 0.3) is 0 Å². The van der Waals surface area contributed by atoms with Crippen molar-refractivity contribution in [2.75, 3.05) is 12.4 Å². The summed E-state index contributed by atoms with van der Waals surface area (Å²) in [4.78, 5) is 5.27. The minimum atomic E-state index is -0.200. The van der Waals surface area contributed by atoms with Gasteiger partial charge in [-0.25, -0.2) is 0 Å². The third-order valence-corrected chi connectivity index (χ3v) is 4.24. The summed E-state index contributed by atoms with van der Waals surface area (Å²) in [5.74, 6) is 1.97. The lowest BCUT2D eigenvalue weighted by Crippen LogP contribution is -2.46. The van der Waals surface area contributed by atoms with Crippen LogP contribution in [0.4, 0.5) is 0 Å². The molecule has 0 amide bonds. The number of oxime groups is 1. The summed E-state index contributed by atoms with van der Waals surface area (Å²) in [6.07, 6.45) is 7.45. The van der Waals surface area contributed by atoms with Gasteiger partial charge in [-0.2, -0.15) is 12.6 Å². The first-order valence-corrected chi connectivity index (χ1v) is 7.68. The zero-order chi connectivity index (χ0) is 12.8. The molecular weight excluding hydrogens is 248 g/mol. The molecule has 1 saturated carbocycles. The molecule has 2 N–H and O–H groups in total. The van der Waals surface area contributed by atoms with Crippen molar-refractivity contribution in [1.29, 1.82) is 0 Å². The van der Waals surface area contributed by atoms with Crippen molar-refractivity contribution in [3.63, 3.8) is 0 Å². The van der Waals surface area contributed by atoms with Crippen LogP contribution in [0.5, 0.6) is 0 Å². The number of aliphatic hydroxyl groups is 1. The van der Waals surface area contributed by atoms with Crippen LogP contribution >= 0.6 is 12.6 Å². The summed E-state index contributed by atoms with van der Waals surface area (Å²) in [5, 5.41) is 17.6. The van der Waals surface area contributed by atoms with Crippen LogP contribution in [-0.4, -0.2) is 35.4 Å². The molecule has 1 heterocycles. The molecule has 0 spiro atoms. The lowest BCUT2D eigenvalue weighted by Gasteiger charge is -2.28. The van der Waals surface area contributed by atoms with E-state index in [1.165, 1.54) is 19.3 Å². The molecule has 1 aliphatic heterocycles. The fraction of sp³-hybridized carbons (Fsp3) is 0.923. The number of aliphatic hydroxyl groups excluding tert-OH is 1. The van der Waals surface area contributed by atoms with Crippen LogP contribution in [0.1, 0.15) is 44.9 Å². The standard InChI is InChI=1S/C13H24N2O2S/c16-12-6-4-2-1-3-5-10(7-12)13-14-11(9-18)8-17-15-13/h10-12,16,18H,1-9H2,(H,14,15). The van der Waals surface area contributed by atoms with Crippen molar-refractivity contribution in [3.05, 3.63) is 0 Å². The molecule has 3 atom stereocenters. The summed E-state index contributed by atoms with van der Waals surface area (Å²) in [5.41, 5.74) is 0. The molecule has 3 unspecified atom stereocenters. The fourth-order valence-electron chi connectivity index (χ4n) is 2.70. The number of nitrogens with zero attached hydrogens (tertiary/aromatic N) is 1. The van der Waals surface area contributed by atoms with Crippen molar-refractivity contribution >= 4 is 18.5 Å². The Morgan fingerprint density at radius 2 is 2.06 bits per heavy atom. The molecule has 0 aromatic carbocycles. The summed E-state index contributed by atoms with van der Waals surface area (Å²) in [6.45, 7) is 0.586. The molecule has 5 heteroatoms. The molecule has 4 nitrogen and oxygen atoms in total. The van der Waals surface area contributed by atoms with Crippen molar-refractivity contribution in [2.24, 2.45) is 11.1 Å². The molecule has 1 aliphatic carbocycles. The second-order valence-corrected chi connectivity index (χ2v) is 5.74. The Kier molecular flexibility index (Phi) is 5.63. The van der Waals surface area contributed by atoms with E-state index in [-0.39, 0.29) is 12.1 Å². The molecule has 1 fully saturated rings.